The molecule has 0 saturated carbocycles. The van der Waals surface area contributed by atoms with Crippen LogP contribution in [-0.4, -0.2) is 9.78 Å². The molecular formula is C13H16BrN3. The number of nitrogens with zero attached hydrogens (tertiary/aromatic N) is 2. The Labute approximate surface area is 110 Å². The number of hydrogen-bond acceptors (Lipinski definition) is 2. The fourth-order valence-corrected chi connectivity index (χ4v) is 2.11. The average Bonchev–Trinajstić information content (AvgIpc) is 2.70. The molecule has 0 radical (unpaired) electrons. The van der Waals surface area contributed by atoms with Crippen molar-refractivity contribution in [2.24, 2.45) is 7.05 Å². The van der Waals surface area contributed by atoms with E-state index in [1.54, 1.807) is 0 Å². The first-order chi connectivity index (χ1) is 8.08. The van der Waals surface area contributed by atoms with Crippen LogP contribution in [0.3, 0.4) is 0 Å². The SMILES string of the molecule is Cc1cc(NC(C)c2ccnn2C)ccc1Br. The number of rotatable bonds is 3. The van der Waals surface area contributed by atoms with Crippen molar-refractivity contribution in [3.05, 3.63) is 46.2 Å². The summed E-state index contributed by atoms with van der Waals surface area (Å²) in [6.07, 6.45) is 1.82. The molecule has 1 aromatic carbocycles. The zero-order chi connectivity index (χ0) is 12.4. The molecule has 2 aromatic rings. The summed E-state index contributed by atoms with van der Waals surface area (Å²) in [5.41, 5.74) is 3.53. The number of hydrogen-bond donors (Lipinski definition) is 1. The first kappa shape index (κ1) is 12.2. The first-order valence-corrected chi connectivity index (χ1v) is 6.38. The van der Waals surface area contributed by atoms with Crippen molar-refractivity contribution in [1.82, 2.24) is 9.78 Å². The Morgan fingerprint density at radius 3 is 2.71 bits per heavy atom. The van der Waals surface area contributed by atoms with Crippen LogP contribution in [-0.2, 0) is 7.05 Å². The fourth-order valence-electron chi connectivity index (χ4n) is 1.87. The molecule has 0 bridgehead atoms. The maximum absolute atomic E-state index is 4.18. The van der Waals surface area contributed by atoms with Crippen LogP contribution in [0, 0.1) is 6.92 Å². The highest BCUT2D eigenvalue weighted by Gasteiger charge is 2.09. The third kappa shape index (κ3) is 2.69. The van der Waals surface area contributed by atoms with Crippen LogP contribution in [0.1, 0.15) is 24.2 Å². The molecule has 3 nitrogen and oxygen atoms in total. The van der Waals surface area contributed by atoms with Gasteiger partial charge >= 0.3 is 0 Å². The largest absolute Gasteiger partial charge is 0.377 e. The lowest BCUT2D eigenvalue weighted by atomic mass is 10.2. The zero-order valence-electron chi connectivity index (χ0n) is 10.2. The normalized spacial score (nSPS) is 12.5. The first-order valence-electron chi connectivity index (χ1n) is 5.58. The minimum atomic E-state index is 0.239. The Kier molecular flexibility index (Phi) is 3.52. The van der Waals surface area contributed by atoms with Gasteiger partial charge in [-0.15, -0.1) is 0 Å². The summed E-state index contributed by atoms with van der Waals surface area (Å²) in [6.45, 7) is 4.22. The Morgan fingerprint density at radius 2 is 2.12 bits per heavy atom. The van der Waals surface area contributed by atoms with Gasteiger partial charge in [-0.3, -0.25) is 4.68 Å². The van der Waals surface area contributed by atoms with E-state index in [0.29, 0.717) is 0 Å². The second kappa shape index (κ2) is 4.92. The van der Waals surface area contributed by atoms with Gasteiger partial charge in [-0.05, 0) is 43.7 Å². The van der Waals surface area contributed by atoms with E-state index in [2.05, 4.69) is 58.4 Å². The van der Waals surface area contributed by atoms with E-state index in [-0.39, 0.29) is 6.04 Å². The summed E-state index contributed by atoms with van der Waals surface area (Å²) in [5, 5.41) is 7.65. The van der Waals surface area contributed by atoms with Gasteiger partial charge < -0.3 is 5.32 Å². The molecule has 2 rings (SSSR count). The van der Waals surface area contributed by atoms with E-state index >= 15 is 0 Å². The molecule has 0 aliphatic heterocycles. The number of benzene rings is 1. The van der Waals surface area contributed by atoms with Crippen molar-refractivity contribution < 1.29 is 0 Å². The number of aromatic nitrogens is 2. The molecule has 1 N–H and O–H groups in total. The van der Waals surface area contributed by atoms with Gasteiger partial charge in [0.1, 0.15) is 0 Å². The van der Waals surface area contributed by atoms with Gasteiger partial charge in [-0.1, -0.05) is 15.9 Å². The highest BCUT2D eigenvalue weighted by molar-refractivity contribution is 9.10. The molecule has 0 saturated heterocycles. The molecule has 0 aliphatic carbocycles. The van der Waals surface area contributed by atoms with E-state index in [1.165, 1.54) is 11.3 Å². The van der Waals surface area contributed by atoms with Crippen molar-refractivity contribution >= 4 is 21.6 Å². The van der Waals surface area contributed by atoms with Gasteiger partial charge in [0, 0.05) is 23.4 Å². The van der Waals surface area contributed by atoms with Gasteiger partial charge in [0.25, 0.3) is 0 Å². The van der Waals surface area contributed by atoms with Crippen molar-refractivity contribution in [2.75, 3.05) is 5.32 Å². The van der Waals surface area contributed by atoms with E-state index < -0.39 is 0 Å². The second-order valence-corrected chi connectivity index (χ2v) is 5.06. The Balaban J connectivity index is 2.16. The second-order valence-electron chi connectivity index (χ2n) is 4.21. The lowest BCUT2D eigenvalue weighted by Crippen LogP contribution is -2.11. The molecule has 0 amide bonds. The highest BCUT2D eigenvalue weighted by atomic mass is 79.9. The fraction of sp³-hybridized carbons (Fsp3) is 0.308. The van der Waals surface area contributed by atoms with Crippen molar-refractivity contribution in [3.63, 3.8) is 0 Å². The highest BCUT2D eigenvalue weighted by Crippen LogP contribution is 2.23. The molecule has 0 spiro atoms. The monoisotopic (exact) mass is 293 g/mol. The quantitative estimate of drug-likeness (QED) is 0.936. The van der Waals surface area contributed by atoms with E-state index in [9.17, 15) is 0 Å². The van der Waals surface area contributed by atoms with Crippen molar-refractivity contribution in [1.29, 1.82) is 0 Å². The van der Waals surface area contributed by atoms with Gasteiger partial charge in [0.2, 0.25) is 0 Å². The molecule has 1 aromatic heterocycles. The maximum atomic E-state index is 4.18. The predicted octanol–water partition coefficient (Wildman–Crippen LogP) is 3.66. The average molecular weight is 294 g/mol. The number of halogens is 1. The third-order valence-corrected chi connectivity index (χ3v) is 3.73. The Bertz CT molecular complexity index is 519. The maximum Gasteiger partial charge on any atom is 0.0653 e. The van der Waals surface area contributed by atoms with Gasteiger partial charge in [-0.2, -0.15) is 5.10 Å². The number of anilines is 1. The Hall–Kier alpha value is -1.29. The van der Waals surface area contributed by atoms with Crippen molar-refractivity contribution in [2.45, 2.75) is 19.9 Å². The van der Waals surface area contributed by atoms with Crippen LogP contribution in [0.25, 0.3) is 0 Å². The van der Waals surface area contributed by atoms with Crippen LogP contribution in [0.4, 0.5) is 5.69 Å². The summed E-state index contributed by atoms with van der Waals surface area (Å²) in [6, 6.07) is 8.54. The third-order valence-electron chi connectivity index (χ3n) is 2.84. The zero-order valence-corrected chi connectivity index (χ0v) is 11.8. The van der Waals surface area contributed by atoms with Crippen LogP contribution < -0.4 is 5.32 Å². The minimum absolute atomic E-state index is 0.239. The van der Waals surface area contributed by atoms with Crippen LogP contribution in [0.15, 0.2) is 34.9 Å². The molecule has 1 unspecified atom stereocenters. The van der Waals surface area contributed by atoms with E-state index in [1.807, 2.05) is 24.0 Å². The lowest BCUT2D eigenvalue weighted by molar-refractivity contribution is 0.676. The van der Waals surface area contributed by atoms with Crippen LogP contribution in [0.5, 0.6) is 0 Å². The van der Waals surface area contributed by atoms with Crippen LogP contribution >= 0.6 is 15.9 Å². The topological polar surface area (TPSA) is 29.9 Å². The molecular weight excluding hydrogens is 278 g/mol. The summed E-state index contributed by atoms with van der Waals surface area (Å²) in [5.74, 6) is 0. The minimum Gasteiger partial charge on any atom is -0.377 e. The summed E-state index contributed by atoms with van der Waals surface area (Å²) in [4.78, 5) is 0. The summed E-state index contributed by atoms with van der Waals surface area (Å²) >= 11 is 3.50. The predicted molar refractivity (Wildman–Crippen MR) is 74.1 cm³/mol. The Morgan fingerprint density at radius 1 is 1.35 bits per heavy atom. The van der Waals surface area contributed by atoms with Crippen molar-refractivity contribution in [3.8, 4) is 0 Å². The van der Waals surface area contributed by atoms with E-state index in [4.69, 9.17) is 0 Å². The molecule has 1 atom stereocenters. The van der Waals surface area contributed by atoms with Gasteiger partial charge in [0.05, 0.1) is 11.7 Å². The van der Waals surface area contributed by atoms with Crippen LogP contribution in [0.2, 0.25) is 0 Å². The van der Waals surface area contributed by atoms with Gasteiger partial charge in [-0.25, -0.2) is 0 Å². The van der Waals surface area contributed by atoms with Gasteiger partial charge in [0.15, 0.2) is 0 Å². The standard InChI is InChI=1S/C13H16BrN3/c1-9-8-11(4-5-12(9)14)16-10(2)13-6-7-15-17(13)3/h4-8,10,16H,1-3H3. The van der Waals surface area contributed by atoms with E-state index in [0.717, 1.165) is 10.2 Å². The molecule has 90 valence electrons. The molecule has 1 heterocycles. The summed E-state index contributed by atoms with van der Waals surface area (Å²) in [7, 11) is 1.96. The molecule has 0 fully saturated rings. The lowest BCUT2D eigenvalue weighted by Gasteiger charge is -2.16. The molecule has 0 aliphatic rings. The summed E-state index contributed by atoms with van der Waals surface area (Å²) < 4.78 is 3.03. The molecule has 17 heavy (non-hydrogen) atoms. The number of aryl methyl sites for hydroxylation is 2. The smallest absolute Gasteiger partial charge is 0.0653 e. The molecule has 4 heteroatoms. The number of nitrogens with one attached hydrogen (secondary N) is 1.